The van der Waals surface area contributed by atoms with E-state index in [0.717, 1.165) is 24.8 Å². The second-order valence-electron chi connectivity index (χ2n) is 5.06. The molecule has 3 nitrogen and oxygen atoms in total. The maximum Gasteiger partial charge on any atom is 0.255 e. The quantitative estimate of drug-likeness (QED) is 0.841. The predicted octanol–water partition coefficient (Wildman–Crippen LogP) is 1.84. The van der Waals surface area contributed by atoms with Gasteiger partial charge in [-0.1, -0.05) is 19.9 Å². The zero-order chi connectivity index (χ0) is 11.7. The van der Waals surface area contributed by atoms with Crippen LogP contribution in [-0.2, 0) is 13.0 Å². The molecule has 1 aromatic heterocycles. The fourth-order valence-electron chi connectivity index (χ4n) is 2.11. The van der Waals surface area contributed by atoms with Crippen molar-refractivity contribution in [3.63, 3.8) is 0 Å². The van der Waals surface area contributed by atoms with E-state index in [9.17, 15) is 4.79 Å². The van der Waals surface area contributed by atoms with Crippen LogP contribution >= 0.6 is 0 Å². The van der Waals surface area contributed by atoms with Crippen LogP contribution in [0.25, 0.3) is 0 Å². The van der Waals surface area contributed by atoms with Crippen molar-refractivity contribution in [1.29, 1.82) is 0 Å². The van der Waals surface area contributed by atoms with Crippen LogP contribution < -0.4 is 11.3 Å². The smallest absolute Gasteiger partial charge is 0.255 e. The molecular formula is C13H20N2O. The Balaban J connectivity index is 2.44. The second-order valence-corrected chi connectivity index (χ2v) is 5.06. The summed E-state index contributed by atoms with van der Waals surface area (Å²) in [5.41, 5.74) is 7.61. The van der Waals surface area contributed by atoms with Crippen molar-refractivity contribution < 1.29 is 0 Å². The van der Waals surface area contributed by atoms with Crippen molar-refractivity contribution in [2.24, 2.45) is 11.7 Å². The van der Waals surface area contributed by atoms with E-state index in [4.69, 9.17) is 5.73 Å². The standard InChI is InChI=1S/C13H20N2O/c1-9(2)7-12-4-3-10(8-14)13(16)15(12)11-5-6-11/h3-4,9,11H,5-8,14H2,1-2H3. The Kier molecular flexibility index (Phi) is 3.15. The molecule has 0 aliphatic heterocycles. The molecule has 0 radical (unpaired) electrons. The van der Waals surface area contributed by atoms with Gasteiger partial charge in [-0.15, -0.1) is 0 Å². The van der Waals surface area contributed by atoms with Crippen LogP contribution in [-0.4, -0.2) is 4.57 Å². The van der Waals surface area contributed by atoms with Gasteiger partial charge < -0.3 is 10.3 Å². The van der Waals surface area contributed by atoms with Crippen molar-refractivity contribution in [2.45, 2.75) is 45.7 Å². The summed E-state index contributed by atoms with van der Waals surface area (Å²) in [7, 11) is 0. The molecule has 0 unspecified atom stereocenters. The highest BCUT2D eigenvalue weighted by Crippen LogP contribution is 2.35. The first kappa shape index (κ1) is 11.4. The fraction of sp³-hybridized carbons (Fsp3) is 0.615. The molecule has 3 heteroatoms. The molecule has 1 aliphatic rings. The third-order valence-corrected chi connectivity index (χ3v) is 3.03. The summed E-state index contributed by atoms with van der Waals surface area (Å²) in [5.74, 6) is 0.577. The molecule has 88 valence electrons. The Bertz CT molecular complexity index is 430. The number of nitrogens with two attached hydrogens (primary N) is 1. The summed E-state index contributed by atoms with van der Waals surface area (Å²) in [5, 5.41) is 0. The highest BCUT2D eigenvalue weighted by molar-refractivity contribution is 5.18. The molecule has 1 fully saturated rings. The molecule has 2 rings (SSSR count). The van der Waals surface area contributed by atoms with Crippen molar-refractivity contribution in [2.75, 3.05) is 0 Å². The molecule has 0 aromatic carbocycles. The van der Waals surface area contributed by atoms with E-state index >= 15 is 0 Å². The number of hydrogen-bond donors (Lipinski definition) is 1. The Hall–Kier alpha value is -1.09. The number of aromatic nitrogens is 1. The van der Waals surface area contributed by atoms with Crippen LogP contribution in [0.5, 0.6) is 0 Å². The van der Waals surface area contributed by atoms with Crippen LogP contribution in [0.3, 0.4) is 0 Å². The van der Waals surface area contributed by atoms with Crippen LogP contribution in [0.4, 0.5) is 0 Å². The molecule has 2 N–H and O–H groups in total. The zero-order valence-electron chi connectivity index (χ0n) is 10.1. The molecule has 1 heterocycles. The van der Waals surface area contributed by atoms with Gasteiger partial charge in [-0.2, -0.15) is 0 Å². The van der Waals surface area contributed by atoms with E-state index in [1.54, 1.807) is 0 Å². The highest BCUT2D eigenvalue weighted by Gasteiger charge is 2.27. The number of rotatable bonds is 4. The van der Waals surface area contributed by atoms with Gasteiger partial charge in [-0.3, -0.25) is 4.79 Å². The lowest BCUT2D eigenvalue weighted by Crippen LogP contribution is -2.27. The first-order valence-corrected chi connectivity index (χ1v) is 6.07. The number of pyridine rings is 1. The van der Waals surface area contributed by atoms with Crippen molar-refractivity contribution >= 4 is 0 Å². The Morgan fingerprint density at radius 2 is 2.12 bits per heavy atom. The van der Waals surface area contributed by atoms with Crippen LogP contribution in [0.1, 0.15) is 44.0 Å². The van der Waals surface area contributed by atoms with E-state index in [0.29, 0.717) is 18.5 Å². The Morgan fingerprint density at radius 1 is 1.44 bits per heavy atom. The minimum absolute atomic E-state index is 0.128. The molecular weight excluding hydrogens is 200 g/mol. The molecule has 16 heavy (non-hydrogen) atoms. The molecule has 0 saturated heterocycles. The lowest BCUT2D eigenvalue weighted by atomic mass is 10.1. The highest BCUT2D eigenvalue weighted by atomic mass is 16.1. The van der Waals surface area contributed by atoms with Gasteiger partial charge in [0.05, 0.1) is 0 Å². The predicted molar refractivity (Wildman–Crippen MR) is 65.4 cm³/mol. The number of nitrogens with zero attached hydrogens (tertiary/aromatic N) is 1. The van der Waals surface area contributed by atoms with Crippen molar-refractivity contribution in [1.82, 2.24) is 4.57 Å². The molecule has 0 atom stereocenters. The second kappa shape index (κ2) is 4.42. The van der Waals surface area contributed by atoms with Gasteiger partial charge >= 0.3 is 0 Å². The molecule has 0 amide bonds. The zero-order valence-corrected chi connectivity index (χ0v) is 10.1. The van der Waals surface area contributed by atoms with Crippen molar-refractivity contribution in [3.05, 3.63) is 33.7 Å². The lowest BCUT2D eigenvalue weighted by molar-refractivity contribution is 0.573. The summed E-state index contributed by atoms with van der Waals surface area (Å²) >= 11 is 0. The SMILES string of the molecule is CC(C)Cc1ccc(CN)c(=O)n1C1CC1. The summed E-state index contributed by atoms with van der Waals surface area (Å²) in [6.45, 7) is 4.70. The molecule has 1 aromatic rings. The monoisotopic (exact) mass is 220 g/mol. The fourth-order valence-corrected chi connectivity index (χ4v) is 2.11. The minimum atomic E-state index is 0.128. The summed E-state index contributed by atoms with van der Waals surface area (Å²) in [4.78, 5) is 12.2. The number of hydrogen-bond acceptors (Lipinski definition) is 2. The van der Waals surface area contributed by atoms with Gasteiger partial charge in [0, 0.05) is 23.8 Å². The minimum Gasteiger partial charge on any atom is -0.326 e. The summed E-state index contributed by atoms with van der Waals surface area (Å²) in [6, 6.07) is 4.40. The maximum atomic E-state index is 12.2. The normalized spacial score (nSPS) is 15.8. The van der Waals surface area contributed by atoms with E-state index in [1.807, 2.05) is 10.6 Å². The Labute approximate surface area is 96.3 Å². The van der Waals surface area contributed by atoms with Gasteiger partial charge in [-0.05, 0) is 31.2 Å². The third kappa shape index (κ3) is 2.19. The average Bonchev–Trinajstić information content (AvgIpc) is 3.01. The van der Waals surface area contributed by atoms with Crippen molar-refractivity contribution in [3.8, 4) is 0 Å². The van der Waals surface area contributed by atoms with Gasteiger partial charge in [0.25, 0.3) is 5.56 Å². The average molecular weight is 220 g/mol. The largest absolute Gasteiger partial charge is 0.326 e. The summed E-state index contributed by atoms with van der Waals surface area (Å²) < 4.78 is 1.97. The molecule has 1 aliphatic carbocycles. The maximum absolute atomic E-state index is 12.2. The first-order chi connectivity index (χ1) is 7.63. The van der Waals surface area contributed by atoms with Crippen LogP contribution in [0, 0.1) is 5.92 Å². The molecule has 1 saturated carbocycles. The third-order valence-electron chi connectivity index (χ3n) is 3.03. The lowest BCUT2D eigenvalue weighted by Gasteiger charge is -2.15. The topological polar surface area (TPSA) is 48.0 Å². The van der Waals surface area contributed by atoms with Crippen LogP contribution in [0.15, 0.2) is 16.9 Å². The van der Waals surface area contributed by atoms with E-state index in [2.05, 4.69) is 19.9 Å². The van der Waals surface area contributed by atoms with E-state index < -0.39 is 0 Å². The first-order valence-electron chi connectivity index (χ1n) is 6.07. The van der Waals surface area contributed by atoms with Gasteiger partial charge in [0.1, 0.15) is 0 Å². The molecule has 0 bridgehead atoms. The van der Waals surface area contributed by atoms with E-state index in [-0.39, 0.29) is 5.56 Å². The summed E-state index contributed by atoms with van der Waals surface area (Å²) in [6.07, 6.45) is 3.24. The van der Waals surface area contributed by atoms with E-state index in [1.165, 1.54) is 5.69 Å². The molecule has 0 spiro atoms. The van der Waals surface area contributed by atoms with Gasteiger partial charge in [0.15, 0.2) is 0 Å². The van der Waals surface area contributed by atoms with Gasteiger partial charge in [0.2, 0.25) is 0 Å². The van der Waals surface area contributed by atoms with Crippen LogP contribution in [0.2, 0.25) is 0 Å². The van der Waals surface area contributed by atoms with Gasteiger partial charge in [-0.25, -0.2) is 0 Å². The Morgan fingerprint density at radius 3 is 2.62 bits per heavy atom.